The van der Waals surface area contributed by atoms with E-state index in [4.69, 9.17) is 11.6 Å². The fourth-order valence-electron chi connectivity index (χ4n) is 4.40. The van der Waals surface area contributed by atoms with Crippen LogP contribution in [0.3, 0.4) is 0 Å². The molecule has 2 aliphatic rings. The zero-order valence-corrected chi connectivity index (χ0v) is 17.9. The van der Waals surface area contributed by atoms with Gasteiger partial charge >= 0.3 is 0 Å². The second-order valence-corrected chi connectivity index (χ2v) is 10.4. The number of rotatable bonds is 7. The monoisotopic (exact) mass is 462 g/mol. The lowest BCUT2D eigenvalue weighted by Gasteiger charge is -2.35. The fourth-order valence-corrected chi connectivity index (χ4v) is 6.57. The smallest absolute Gasteiger partial charge is 0.266 e. The second-order valence-electron chi connectivity index (χ2n) is 7.43. The van der Waals surface area contributed by atoms with Gasteiger partial charge in [0.2, 0.25) is 0 Å². The summed E-state index contributed by atoms with van der Waals surface area (Å²) in [6, 6.07) is 2.13. The number of hydrogen-bond acceptors (Lipinski definition) is 6. The van der Waals surface area contributed by atoms with Gasteiger partial charge in [-0.05, 0) is 44.4 Å². The Bertz CT molecular complexity index is 990. The average Bonchev–Trinajstić information content (AvgIpc) is 3.38. The van der Waals surface area contributed by atoms with Crippen LogP contribution in [0.25, 0.3) is 0 Å². The van der Waals surface area contributed by atoms with Gasteiger partial charge in [0.15, 0.2) is 5.13 Å². The molecule has 0 unspecified atom stereocenters. The zero-order valence-electron chi connectivity index (χ0n) is 15.5. The van der Waals surface area contributed by atoms with Crippen LogP contribution in [0.4, 0.5) is 19.6 Å². The van der Waals surface area contributed by atoms with E-state index in [9.17, 15) is 17.2 Å². The molecule has 0 bridgehead atoms. The Morgan fingerprint density at radius 1 is 1.38 bits per heavy atom. The molecule has 158 valence electrons. The van der Waals surface area contributed by atoms with E-state index in [0.29, 0.717) is 12.2 Å². The van der Waals surface area contributed by atoms with Gasteiger partial charge < -0.3 is 5.32 Å². The first-order valence-corrected chi connectivity index (χ1v) is 12.1. The molecule has 11 heteroatoms. The fraction of sp³-hybridized carbons (Fsp3) is 0.500. The molecule has 0 spiro atoms. The Labute approximate surface area is 177 Å². The highest BCUT2D eigenvalue weighted by molar-refractivity contribution is 7.93. The van der Waals surface area contributed by atoms with Crippen LogP contribution >= 0.6 is 22.9 Å². The number of hydrogen-bond donors (Lipinski definition) is 2. The molecule has 3 heterocycles. The predicted molar refractivity (Wildman–Crippen MR) is 110 cm³/mol. The van der Waals surface area contributed by atoms with Gasteiger partial charge in [-0.25, -0.2) is 22.2 Å². The maximum Gasteiger partial charge on any atom is 0.266 e. The normalized spacial score (nSPS) is 24.6. The van der Waals surface area contributed by atoms with Gasteiger partial charge in [0, 0.05) is 29.7 Å². The molecule has 2 aliphatic heterocycles. The van der Waals surface area contributed by atoms with Crippen molar-refractivity contribution in [2.45, 2.75) is 42.2 Å². The number of halogens is 3. The number of nitrogens with zero attached hydrogens (tertiary/aromatic N) is 2. The van der Waals surface area contributed by atoms with E-state index in [1.54, 1.807) is 5.38 Å². The van der Waals surface area contributed by atoms with E-state index in [0.717, 1.165) is 55.7 Å². The van der Waals surface area contributed by atoms with Crippen LogP contribution in [0.15, 0.2) is 28.6 Å². The molecule has 2 aromatic rings. The first-order chi connectivity index (χ1) is 13.8. The molecule has 6 nitrogen and oxygen atoms in total. The van der Waals surface area contributed by atoms with Gasteiger partial charge in [0.05, 0.1) is 10.7 Å². The lowest BCUT2D eigenvalue weighted by molar-refractivity contribution is 0.142. The highest BCUT2D eigenvalue weighted by Gasteiger charge is 2.48. The van der Waals surface area contributed by atoms with Crippen LogP contribution in [-0.4, -0.2) is 49.6 Å². The first kappa shape index (κ1) is 20.8. The number of alkyl halides is 1. The van der Waals surface area contributed by atoms with E-state index in [2.05, 4.69) is 19.9 Å². The molecule has 0 aliphatic carbocycles. The van der Waals surface area contributed by atoms with Crippen LogP contribution in [0, 0.1) is 5.82 Å². The maximum absolute atomic E-state index is 14.6. The second kappa shape index (κ2) is 7.98. The van der Waals surface area contributed by atoms with Crippen LogP contribution in [0.5, 0.6) is 0 Å². The average molecular weight is 463 g/mol. The van der Waals surface area contributed by atoms with Crippen LogP contribution in [0.1, 0.15) is 25.7 Å². The van der Waals surface area contributed by atoms with Crippen LogP contribution < -0.4 is 10.0 Å². The molecule has 0 radical (unpaired) electrons. The molecule has 1 aromatic carbocycles. The van der Waals surface area contributed by atoms with Gasteiger partial charge in [-0.15, -0.1) is 11.3 Å². The van der Waals surface area contributed by atoms with Gasteiger partial charge in [0.25, 0.3) is 10.0 Å². The zero-order chi connectivity index (χ0) is 20.6. The van der Waals surface area contributed by atoms with Gasteiger partial charge in [-0.3, -0.25) is 9.62 Å². The largest absolute Gasteiger partial charge is 0.382 e. The SMILES string of the molecule is O=S(=O)(Nc1nccs1)c1cc(Cl)c(NC[C@@]23CCCN2[C@H](CF)CC3)cc1F. The predicted octanol–water partition coefficient (Wildman–Crippen LogP) is 4.11. The highest BCUT2D eigenvalue weighted by atomic mass is 35.5. The number of anilines is 2. The van der Waals surface area contributed by atoms with E-state index < -0.39 is 20.7 Å². The summed E-state index contributed by atoms with van der Waals surface area (Å²) in [5.74, 6) is -0.908. The molecular weight excluding hydrogens is 442 g/mol. The summed E-state index contributed by atoms with van der Waals surface area (Å²) in [5, 5.41) is 5.02. The number of aromatic nitrogens is 1. The van der Waals surface area contributed by atoms with Crippen molar-refractivity contribution in [1.82, 2.24) is 9.88 Å². The molecule has 0 amide bonds. The standard InChI is InChI=1S/C18H21ClF2N4O2S2/c19-13-8-16(29(26,27)24-17-22-5-7-28-17)14(21)9-15(13)23-11-18-3-1-6-25(18)12(10-20)2-4-18/h5,7-9,12,23H,1-4,6,10-11H2,(H,22,24)/t12-,18-/m0/s1. The summed E-state index contributed by atoms with van der Waals surface area (Å²) in [6.45, 7) is 1.000. The minimum Gasteiger partial charge on any atom is -0.382 e. The summed E-state index contributed by atoms with van der Waals surface area (Å²) in [7, 11) is -4.15. The van der Waals surface area contributed by atoms with E-state index in [1.165, 1.54) is 6.20 Å². The summed E-state index contributed by atoms with van der Waals surface area (Å²) >= 11 is 7.35. The minimum absolute atomic E-state index is 0.0593. The number of fused-ring (bicyclic) bond motifs is 1. The van der Waals surface area contributed by atoms with Gasteiger partial charge in [-0.1, -0.05) is 11.6 Å². The Balaban J connectivity index is 1.52. The summed E-state index contributed by atoms with van der Waals surface area (Å²) < 4.78 is 55.1. The van der Waals surface area contributed by atoms with Crippen molar-refractivity contribution < 1.29 is 17.2 Å². The Morgan fingerprint density at radius 3 is 2.93 bits per heavy atom. The summed E-state index contributed by atoms with van der Waals surface area (Å²) in [6.07, 6.45) is 5.07. The lowest BCUT2D eigenvalue weighted by Crippen LogP contribution is -2.47. The van der Waals surface area contributed by atoms with Crippen molar-refractivity contribution in [3.05, 3.63) is 34.5 Å². The Morgan fingerprint density at radius 2 is 2.21 bits per heavy atom. The van der Waals surface area contributed by atoms with E-state index >= 15 is 0 Å². The van der Waals surface area contributed by atoms with Crippen molar-refractivity contribution >= 4 is 43.8 Å². The van der Waals surface area contributed by atoms with E-state index in [-0.39, 0.29) is 28.4 Å². The quantitative estimate of drug-likeness (QED) is 0.647. The maximum atomic E-state index is 14.6. The molecule has 29 heavy (non-hydrogen) atoms. The van der Waals surface area contributed by atoms with Gasteiger partial charge in [-0.2, -0.15) is 0 Å². The van der Waals surface area contributed by atoms with Crippen molar-refractivity contribution in [2.24, 2.45) is 0 Å². The van der Waals surface area contributed by atoms with Crippen molar-refractivity contribution in [3.63, 3.8) is 0 Å². The molecular formula is C18H21ClF2N4O2S2. The molecule has 4 rings (SSSR count). The number of benzene rings is 1. The third-order valence-corrected chi connectivity index (χ3v) is 8.27. The van der Waals surface area contributed by atoms with Crippen molar-refractivity contribution in [2.75, 3.05) is 29.8 Å². The van der Waals surface area contributed by atoms with Crippen LogP contribution in [-0.2, 0) is 10.0 Å². The molecule has 0 saturated carbocycles. The minimum atomic E-state index is -4.15. The van der Waals surface area contributed by atoms with E-state index in [1.807, 2.05) is 0 Å². The van der Waals surface area contributed by atoms with Crippen LogP contribution in [0.2, 0.25) is 5.02 Å². The lowest BCUT2D eigenvalue weighted by atomic mass is 9.94. The third-order valence-electron chi connectivity index (χ3n) is 5.79. The molecule has 2 fully saturated rings. The first-order valence-electron chi connectivity index (χ1n) is 9.33. The molecule has 1 aromatic heterocycles. The molecule has 2 saturated heterocycles. The van der Waals surface area contributed by atoms with Crippen molar-refractivity contribution in [1.29, 1.82) is 0 Å². The Kier molecular flexibility index (Phi) is 5.71. The number of sulfonamides is 1. The molecule has 2 atom stereocenters. The van der Waals surface area contributed by atoms with Gasteiger partial charge in [0.1, 0.15) is 17.4 Å². The molecule has 2 N–H and O–H groups in total. The summed E-state index contributed by atoms with van der Waals surface area (Å²) in [4.78, 5) is 5.51. The number of thiazole rings is 1. The number of nitrogens with one attached hydrogen (secondary N) is 2. The highest BCUT2D eigenvalue weighted by Crippen LogP contribution is 2.43. The third kappa shape index (κ3) is 3.95. The topological polar surface area (TPSA) is 74.3 Å². The van der Waals surface area contributed by atoms with Crippen molar-refractivity contribution in [3.8, 4) is 0 Å². The summed E-state index contributed by atoms with van der Waals surface area (Å²) in [5.41, 5.74) is 0.163. The Hall–Kier alpha value is -1.49.